The number of ether oxygens (including phenoxy) is 1. The molecule has 0 unspecified atom stereocenters. The molecular weight excluding hydrogens is 470 g/mol. The van der Waals surface area contributed by atoms with Crippen LogP contribution in [0.5, 0.6) is 5.75 Å². The fraction of sp³-hybridized carbons (Fsp3) is 0.231. The van der Waals surface area contributed by atoms with Gasteiger partial charge in [-0.15, -0.1) is 0 Å². The molecule has 0 aliphatic rings. The minimum absolute atomic E-state index is 0.222. The summed E-state index contributed by atoms with van der Waals surface area (Å²) in [4.78, 5) is 29.5. The molecule has 3 aromatic heterocycles. The van der Waals surface area contributed by atoms with Crippen molar-refractivity contribution in [1.82, 2.24) is 39.6 Å². The number of amides is 1. The summed E-state index contributed by atoms with van der Waals surface area (Å²) in [5.74, 6) is 1.30. The lowest BCUT2D eigenvalue weighted by Crippen LogP contribution is -2.26. The van der Waals surface area contributed by atoms with Crippen LogP contribution in [-0.4, -0.2) is 46.9 Å². The van der Waals surface area contributed by atoms with Crippen LogP contribution in [-0.2, 0) is 5.54 Å². The fourth-order valence-corrected chi connectivity index (χ4v) is 4.18. The lowest BCUT2D eigenvalue weighted by molar-refractivity contribution is 0.201. The van der Waals surface area contributed by atoms with Crippen LogP contribution in [0.3, 0.4) is 0 Å². The maximum absolute atomic E-state index is 12.1. The van der Waals surface area contributed by atoms with Crippen LogP contribution in [0.4, 0.5) is 10.7 Å². The van der Waals surface area contributed by atoms with Crippen molar-refractivity contribution in [2.75, 3.05) is 12.3 Å². The second-order valence-corrected chi connectivity index (χ2v) is 9.41. The van der Waals surface area contributed by atoms with Crippen molar-refractivity contribution in [1.29, 1.82) is 0 Å². The number of anilines is 1. The van der Waals surface area contributed by atoms with Gasteiger partial charge in [0.25, 0.3) is 0 Å². The van der Waals surface area contributed by atoms with Crippen LogP contribution in [0, 0.1) is 0 Å². The van der Waals surface area contributed by atoms with Crippen LogP contribution < -0.4 is 15.8 Å². The smallest absolute Gasteiger partial charge is 0.410 e. The van der Waals surface area contributed by atoms with Crippen LogP contribution >= 0.6 is 0 Å². The van der Waals surface area contributed by atoms with Crippen LogP contribution in [0.25, 0.3) is 39.2 Å². The van der Waals surface area contributed by atoms with E-state index in [9.17, 15) is 4.79 Å². The molecule has 1 amide bonds. The molecule has 11 heteroatoms. The van der Waals surface area contributed by atoms with E-state index in [0.29, 0.717) is 18.1 Å². The minimum atomic E-state index is -0.526. The number of hydrogen-bond acceptors (Lipinski definition) is 8. The Morgan fingerprint density at radius 2 is 1.86 bits per heavy atom. The first kappa shape index (κ1) is 23.9. The lowest BCUT2D eigenvalue weighted by atomic mass is 10.0. The fourth-order valence-electron chi connectivity index (χ4n) is 4.18. The van der Waals surface area contributed by atoms with Crippen molar-refractivity contribution in [3.8, 4) is 34.0 Å². The zero-order valence-corrected chi connectivity index (χ0v) is 21.0. The average Bonchev–Trinajstić information content (AvgIpc) is 3.52. The minimum Gasteiger partial charge on any atom is -0.410 e. The second-order valence-electron chi connectivity index (χ2n) is 9.41. The molecule has 0 spiro atoms. The molecule has 37 heavy (non-hydrogen) atoms. The number of nitrogens with zero attached hydrogens (tertiary/aromatic N) is 7. The standard InChI is InChI=1S/C26H27N9O2/c1-5-29-25(36)37-18-7-9-21(34-15-28-14-32-34)19(11-18)23-33-20-10-16(17-12-30-24(27)31-13-17)6-8-22(20)35(23)26(2,3)4/h6-15H,5H2,1-4H3,(H,29,36)(H2,27,30,31). The maximum Gasteiger partial charge on any atom is 0.412 e. The summed E-state index contributed by atoms with van der Waals surface area (Å²) in [6.45, 7) is 8.64. The Balaban J connectivity index is 1.72. The van der Waals surface area contributed by atoms with Gasteiger partial charge in [0.2, 0.25) is 5.95 Å². The van der Waals surface area contributed by atoms with E-state index in [2.05, 4.69) is 50.7 Å². The molecule has 0 aliphatic carbocycles. The third-order valence-corrected chi connectivity index (χ3v) is 5.74. The summed E-state index contributed by atoms with van der Waals surface area (Å²) in [7, 11) is 0. The molecule has 3 heterocycles. The number of rotatable bonds is 5. The monoisotopic (exact) mass is 497 g/mol. The van der Waals surface area contributed by atoms with Gasteiger partial charge in [0.05, 0.1) is 16.7 Å². The molecule has 11 nitrogen and oxygen atoms in total. The quantitative estimate of drug-likeness (QED) is 0.369. The van der Waals surface area contributed by atoms with Crippen LogP contribution in [0.1, 0.15) is 27.7 Å². The predicted octanol–water partition coefficient (Wildman–Crippen LogP) is 4.19. The van der Waals surface area contributed by atoms with Crippen molar-refractivity contribution in [2.45, 2.75) is 33.2 Å². The van der Waals surface area contributed by atoms with Gasteiger partial charge in [-0.3, -0.25) is 0 Å². The van der Waals surface area contributed by atoms with E-state index in [0.717, 1.165) is 33.4 Å². The SMILES string of the molecule is CCNC(=O)Oc1ccc(-n2cncn2)c(-c2nc3cc(-c4cnc(N)nc4)ccc3n2C(C)(C)C)c1. The van der Waals surface area contributed by atoms with Crippen LogP contribution in [0.2, 0.25) is 0 Å². The molecule has 0 bridgehead atoms. The number of imidazole rings is 1. The Labute approximate surface area is 213 Å². The van der Waals surface area contributed by atoms with E-state index in [1.54, 1.807) is 35.5 Å². The van der Waals surface area contributed by atoms with Gasteiger partial charge in [0, 0.05) is 35.6 Å². The van der Waals surface area contributed by atoms with E-state index in [1.807, 2.05) is 31.2 Å². The number of carbonyl (C=O) groups excluding carboxylic acids is 1. The molecule has 0 fully saturated rings. The van der Waals surface area contributed by atoms with Gasteiger partial charge in [-0.25, -0.2) is 29.4 Å². The van der Waals surface area contributed by atoms with E-state index in [-0.39, 0.29) is 11.5 Å². The summed E-state index contributed by atoms with van der Waals surface area (Å²) < 4.78 is 9.34. The zero-order chi connectivity index (χ0) is 26.2. The van der Waals surface area contributed by atoms with Crippen molar-refractivity contribution in [2.24, 2.45) is 0 Å². The predicted molar refractivity (Wildman–Crippen MR) is 140 cm³/mol. The van der Waals surface area contributed by atoms with E-state index in [1.165, 1.54) is 6.33 Å². The van der Waals surface area contributed by atoms with Gasteiger partial charge in [-0.2, -0.15) is 5.10 Å². The van der Waals surface area contributed by atoms with Gasteiger partial charge >= 0.3 is 6.09 Å². The highest BCUT2D eigenvalue weighted by Crippen LogP contribution is 2.37. The number of fused-ring (bicyclic) bond motifs is 1. The third kappa shape index (κ3) is 4.70. The lowest BCUT2D eigenvalue weighted by Gasteiger charge is -2.25. The second kappa shape index (κ2) is 9.34. The number of nitrogens with two attached hydrogens (primary N) is 1. The summed E-state index contributed by atoms with van der Waals surface area (Å²) in [6, 6.07) is 11.4. The van der Waals surface area contributed by atoms with E-state index >= 15 is 0 Å². The van der Waals surface area contributed by atoms with E-state index < -0.39 is 6.09 Å². The number of aromatic nitrogens is 7. The molecule has 0 saturated heterocycles. The molecule has 0 radical (unpaired) electrons. The molecule has 5 rings (SSSR count). The van der Waals surface area contributed by atoms with Crippen molar-refractivity contribution in [3.63, 3.8) is 0 Å². The Morgan fingerprint density at radius 1 is 1.08 bits per heavy atom. The summed E-state index contributed by atoms with van der Waals surface area (Å²) in [5.41, 5.74) is 10.3. The Kier molecular flexibility index (Phi) is 6.04. The molecule has 5 aromatic rings. The largest absolute Gasteiger partial charge is 0.412 e. The third-order valence-electron chi connectivity index (χ3n) is 5.74. The van der Waals surface area contributed by atoms with Gasteiger partial charge in [0.15, 0.2) is 0 Å². The van der Waals surface area contributed by atoms with Gasteiger partial charge in [-0.1, -0.05) is 6.07 Å². The molecular formula is C26H27N9O2. The van der Waals surface area contributed by atoms with Crippen molar-refractivity contribution in [3.05, 3.63) is 61.4 Å². The zero-order valence-electron chi connectivity index (χ0n) is 21.0. The van der Waals surface area contributed by atoms with Gasteiger partial charge in [-0.05, 0) is 63.6 Å². The Morgan fingerprint density at radius 3 is 2.54 bits per heavy atom. The number of carbonyl (C=O) groups is 1. The first-order valence-corrected chi connectivity index (χ1v) is 11.8. The summed E-state index contributed by atoms with van der Waals surface area (Å²) >= 11 is 0. The Bertz CT molecular complexity index is 1570. The normalized spacial score (nSPS) is 11.6. The Hall–Kier alpha value is -4.80. The highest BCUT2D eigenvalue weighted by Gasteiger charge is 2.25. The average molecular weight is 498 g/mol. The topological polar surface area (TPSA) is 139 Å². The van der Waals surface area contributed by atoms with Crippen LogP contribution in [0.15, 0.2) is 61.4 Å². The molecule has 2 aromatic carbocycles. The number of benzene rings is 2. The molecule has 0 atom stereocenters. The van der Waals surface area contributed by atoms with Gasteiger partial charge in [0.1, 0.15) is 24.2 Å². The first-order valence-electron chi connectivity index (χ1n) is 11.8. The summed E-state index contributed by atoms with van der Waals surface area (Å²) in [6.07, 6.45) is 5.94. The van der Waals surface area contributed by atoms with Gasteiger partial charge < -0.3 is 20.4 Å². The number of nitrogen functional groups attached to an aromatic ring is 1. The van der Waals surface area contributed by atoms with Crippen molar-refractivity contribution < 1.29 is 9.53 Å². The van der Waals surface area contributed by atoms with Crippen molar-refractivity contribution >= 4 is 23.1 Å². The highest BCUT2D eigenvalue weighted by molar-refractivity contribution is 5.87. The highest BCUT2D eigenvalue weighted by atomic mass is 16.6. The molecule has 0 saturated carbocycles. The molecule has 188 valence electrons. The van der Waals surface area contributed by atoms with E-state index in [4.69, 9.17) is 15.5 Å². The number of hydrogen-bond donors (Lipinski definition) is 2. The summed E-state index contributed by atoms with van der Waals surface area (Å²) in [5, 5.41) is 6.97. The maximum atomic E-state index is 12.1. The molecule has 0 aliphatic heterocycles. The number of nitrogens with one attached hydrogen (secondary N) is 1. The molecule has 3 N–H and O–H groups in total. The first-order chi connectivity index (χ1) is 17.7.